The van der Waals surface area contributed by atoms with Gasteiger partial charge in [0.2, 0.25) is 11.8 Å². The highest BCUT2D eigenvalue weighted by Crippen LogP contribution is 2.17. The van der Waals surface area contributed by atoms with Gasteiger partial charge >= 0.3 is 0 Å². The highest BCUT2D eigenvalue weighted by molar-refractivity contribution is 5.84. The van der Waals surface area contributed by atoms with Crippen LogP contribution in [0.1, 0.15) is 19.4 Å². The van der Waals surface area contributed by atoms with Gasteiger partial charge in [0.25, 0.3) is 0 Å². The van der Waals surface area contributed by atoms with Crippen LogP contribution in [0.2, 0.25) is 0 Å². The van der Waals surface area contributed by atoms with Crippen molar-refractivity contribution in [3.05, 3.63) is 35.9 Å². The van der Waals surface area contributed by atoms with Crippen LogP contribution in [-0.2, 0) is 16.0 Å². The summed E-state index contributed by atoms with van der Waals surface area (Å²) < 4.78 is 0. The molecule has 0 aliphatic heterocycles. The summed E-state index contributed by atoms with van der Waals surface area (Å²) in [6.45, 7) is 3.80. The van der Waals surface area contributed by atoms with E-state index in [0.29, 0.717) is 0 Å². The Morgan fingerprint density at radius 2 is 1.83 bits per heavy atom. The van der Waals surface area contributed by atoms with E-state index in [9.17, 15) is 9.59 Å². The molecule has 0 aromatic heterocycles. The molecule has 0 radical (unpaired) electrons. The Morgan fingerprint density at radius 1 is 1.22 bits per heavy atom. The zero-order valence-corrected chi connectivity index (χ0v) is 10.8. The summed E-state index contributed by atoms with van der Waals surface area (Å²) in [6.07, 6.45) is 0.839. The number of carbonyl (C=O) groups is 2. The van der Waals surface area contributed by atoms with Crippen molar-refractivity contribution in [3.63, 3.8) is 0 Å². The molecule has 1 aromatic carbocycles. The van der Waals surface area contributed by atoms with E-state index in [1.807, 2.05) is 44.2 Å². The Morgan fingerprint density at radius 3 is 2.39 bits per heavy atom. The first-order chi connectivity index (χ1) is 8.50. The Kier molecular flexibility index (Phi) is 5.36. The molecule has 2 atom stereocenters. The molecule has 0 heterocycles. The van der Waals surface area contributed by atoms with E-state index >= 15 is 0 Å². The van der Waals surface area contributed by atoms with Crippen LogP contribution in [0.15, 0.2) is 30.3 Å². The lowest BCUT2D eigenvalue weighted by Crippen LogP contribution is -2.38. The summed E-state index contributed by atoms with van der Waals surface area (Å²) in [7, 11) is 0. The van der Waals surface area contributed by atoms with Crippen molar-refractivity contribution < 1.29 is 9.59 Å². The van der Waals surface area contributed by atoms with Gasteiger partial charge in [0.15, 0.2) is 0 Å². The van der Waals surface area contributed by atoms with E-state index in [2.05, 4.69) is 5.32 Å². The summed E-state index contributed by atoms with van der Waals surface area (Å²) in [5.41, 5.74) is 6.19. The van der Waals surface area contributed by atoms with E-state index in [-0.39, 0.29) is 24.3 Å². The lowest BCUT2D eigenvalue weighted by molar-refractivity contribution is -0.128. The highest BCUT2D eigenvalue weighted by atomic mass is 16.2. The van der Waals surface area contributed by atoms with Crippen LogP contribution in [0.25, 0.3) is 0 Å². The summed E-state index contributed by atoms with van der Waals surface area (Å²) in [4.78, 5) is 22.4. The number of primary amides is 1. The normalized spacial score (nSPS) is 13.7. The molecule has 0 fully saturated rings. The topological polar surface area (TPSA) is 72.2 Å². The van der Waals surface area contributed by atoms with Crippen molar-refractivity contribution >= 4 is 11.8 Å². The fraction of sp³-hybridized carbons (Fsp3) is 0.429. The molecule has 0 aliphatic rings. The molecule has 1 unspecified atom stereocenters. The molecule has 0 saturated carbocycles. The fourth-order valence-electron chi connectivity index (χ4n) is 1.76. The first-order valence-corrected chi connectivity index (χ1v) is 6.10. The van der Waals surface area contributed by atoms with Crippen LogP contribution >= 0.6 is 0 Å². The van der Waals surface area contributed by atoms with Gasteiger partial charge in [-0.15, -0.1) is 0 Å². The summed E-state index contributed by atoms with van der Waals surface area (Å²) in [5.74, 6) is -0.590. The SMILES string of the molecule is CC(C(=O)NCC(N)=O)[C@@H](C)Cc1ccccc1. The van der Waals surface area contributed by atoms with Gasteiger partial charge < -0.3 is 11.1 Å². The second kappa shape index (κ2) is 6.79. The minimum atomic E-state index is -0.522. The second-order valence-electron chi connectivity index (χ2n) is 4.64. The van der Waals surface area contributed by atoms with Gasteiger partial charge in [-0.25, -0.2) is 0 Å². The predicted octanol–water partition coefficient (Wildman–Crippen LogP) is 1.10. The third-order valence-electron chi connectivity index (χ3n) is 3.10. The number of rotatable bonds is 6. The zero-order valence-electron chi connectivity index (χ0n) is 10.8. The maximum absolute atomic E-state index is 11.8. The Labute approximate surface area is 108 Å². The number of nitrogens with one attached hydrogen (secondary N) is 1. The summed E-state index contributed by atoms with van der Waals surface area (Å²) in [5, 5.41) is 2.54. The smallest absolute Gasteiger partial charge is 0.236 e. The van der Waals surface area contributed by atoms with Crippen LogP contribution in [0, 0.1) is 11.8 Å². The maximum atomic E-state index is 11.8. The van der Waals surface area contributed by atoms with Crippen LogP contribution in [0.5, 0.6) is 0 Å². The van der Waals surface area contributed by atoms with Crippen molar-refractivity contribution in [2.45, 2.75) is 20.3 Å². The summed E-state index contributed by atoms with van der Waals surface area (Å²) >= 11 is 0. The largest absolute Gasteiger partial charge is 0.368 e. The highest BCUT2D eigenvalue weighted by Gasteiger charge is 2.20. The molecule has 3 N–H and O–H groups in total. The third-order valence-corrected chi connectivity index (χ3v) is 3.10. The van der Waals surface area contributed by atoms with Gasteiger partial charge in [-0.3, -0.25) is 9.59 Å². The Bertz CT molecular complexity index is 404. The molecule has 2 amide bonds. The van der Waals surface area contributed by atoms with Crippen LogP contribution < -0.4 is 11.1 Å². The Hall–Kier alpha value is -1.84. The first-order valence-electron chi connectivity index (χ1n) is 6.10. The number of carbonyl (C=O) groups excluding carboxylic acids is 2. The Balaban J connectivity index is 2.48. The molecule has 1 rings (SSSR count). The summed E-state index contributed by atoms with van der Waals surface area (Å²) in [6, 6.07) is 10.0. The average molecular weight is 248 g/mol. The lowest BCUT2D eigenvalue weighted by Gasteiger charge is -2.19. The van der Waals surface area contributed by atoms with Gasteiger partial charge in [-0.05, 0) is 17.9 Å². The van der Waals surface area contributed by atoms with Gasteiger partial charge in [0, 0.05) is 5.92 Å². The van der Waals surface area contributed by atoms with Gasteiger partial charge in [0.05, 0.1) is 6.54 Å². The van der Waals surface area contributed by atoms with Crippen molar-refractivity contribution in [1.29, 1.82) is 0 Å². The fourth-order valence-corrected chi connectivity index (χ4v) is 1.76. The van der Waals surface area contributed by atoms with E-state index in [0.717, 1.165) is 6.42 Å². The standard InChI is InChI=1S/C14H20N2O2/c1-10(8-12-6-4-3-5-7-12)11(2)14(18)16-9-13(15)17/h3-7,10-11H,8-9H2,1-2H3,(H2,15,17)(H,16,18)/t10-,11?/m0/s1. The van der Waals surface area contributed by atoms with E-state index in [1.54, 1.807) is 0 Å². The maximum Gasteiger partial charge on any atom is 0.236 e. The van der Waals surface area contributed by atoms with Gasteiger partial charge in [-0.2, -0.15) is 0 Å². The third kappa shape index (κ3) is 4.57. The van der Waals surface area contributed by atoms with Gasteiger partial charge in [-0.1, -0.05) is 44.2 Å². The molecule has 1 aromatic rings. The zero-order chi connectivity index (χ0) is 13.5. The molecule has 0 aliphatic carbocycles. The monoisotopic (exact) mass is 248 g/mol. The molecule has 4 nitrogen and oxygen atoms in total. The van der Waals surface area contributed by atoms with Crippen molar-refractivity contribution in [2.24, 2.45) is 17.6 Å². The van der Waals surface area contributed by atoms with Crippen molar-refractivity contribution in [2.75, 3.05) is 6.54 Å². The molecular weight excluding hydrogens is 228 g/mol. The van der Waals surface area contributed by atoms with E-state index < -0.39 is 5.91 Å². The lowest BCUT2D eigenvalue weighted by atomic mass is 9.89. The number of nitrogens with two attached hydrogens (primary N) is 1. The minimum Gasteiger partial charge on any atom is -0.368 e. The van der Waals surface area contributed by atoms with Crippen LogP contribution in [0.4, 0.5) is 0 Å². The van der Waals surface area contributed by atoms with E-state index in [1.165, 1.54) is 5.56 Å². The second-order valence-corrected chi connectivity index (χ2v) is 4.64. The van der Waals surface area contributed by atoms with Crippen LogP contribution in [-0.4, -0.2) is 18.4 Å². The number of hydrogen-bond donors (Lipinski definition) is 2. The number of hydrogen-bond acceptors (Lipinski definition) is 2. The molecule has 98 valence electrons. The average Bonchev–Trinajstić information content (AvgIpc) is 2.36. The first kappa shape index (κ1) is 14.2. The quantitative estimate of drug-likeness (QED) is 0.791. The van der Waals surface area contributed by atoms with E-state index in [4.69, 9.17) is 5.73 Å². The van der Waals surface area contributed by atoms with Crippen LogP contribution in [0.3, 0.4) is 0 Å². The van der Waals surface area contributed by atoms with Crippen molar-refractivity contribution in [1.82, 2.24) is 5.32 Å². The molecule has 18 heavy (non-hydrogen) atoms. The number of amides is 2. The van der Waals surface area contributed by atoms with Crippen molar-refractivity contribution in [3.8, 4) is 0 Å². The number of benzene rings is 1. The molecule has 4 heteroatoms. The van der Waals surface area contributed by atoms with Gasteiger partial charge in [0.1, 0.15) is 0 Å². The molecule has 0 bridgehead atoms. The molecule has 0 spiro atoms. The molecule has 0 saturated heterocycles. The minimum absolute atomic E-state index is 0.0960. The predicted molar refractivity (Wildman–Crippen MR) is 70.7 cm³/mol. The molecular formula is C14H20N2O2.